The summed E-state index contributed by atoms with van der Waals surface area (Å²) in [7, 11) is 1.87. The number of urea groups is 1. The zero-order chi connectivity index (χ0) is 18.9. The lowest BCUT2D eigenvalue weighted by Gasteiger charge is -2.38. The minimum absolute atomic E-state index is 0.0469. The molecule has 0 unspecified atom stereocenters. The van der Waals surface area contributed by atoms with E-state index in [1.54, 1.807) is 4.90 Å². The molecule has 26 heavy (non-hydrogen) atoms. The third kappa shape index (κ3) is 3.94. The Bertz CT molecular complexity index is 675. The Hall–Kier alpha value is -2.24. The van der Waals surface area contributed by atoms with Crippen molar-refractivity contribution < 1.29 is 14.3 Å². The van der Waals surface area contributed by atoms with Crippen LogP contribution in [0.1, 0.15) is 39.2 Å². The first kappa shape index (κ1) is 18.5. The predicted molar refractivity (Wildman–Crippen MR) is 101 cm³/mol. The van der Waals surface area contributed by atoms with Gasteiger partial charge in [0.2, 0.25) is 0 Å². The molecule has 1 fully saturated rings. The zero-order valence-corrected chi connectivity index (χ0v) is 16.2. The Kier molecular flexibility index (Phi) is 5.12. The van der Waals surface area contributed by atoms with Crippen molar-refractivity contribution in [3.05, 3.63) is 29.8 Å². The van der Waals surface area contributed by atoms with Crippen molar-refractivity contribution in [1.29, 1.82) is 0 Å². The molecule has 0 saturated carbocycles. The van der Waals surface area contributed by atoms with Gasteiger partial charge in [-0.3, -0.25) is 4.90 Å². The van der Waals surface area contributed by atoms with E-state index in [0.717, 1.165) is 31.5 Å². The van der Waals surface area contributed by atoms with Gasteiger partial charge in [-0.2, -0.15) is 0 Å². The topological polar surface area (TPSA) is 53.1 Å². The molecule has 3 rings (SSSR count). The third-order valence-electron chi connectivity index (χ3n) is 5.08. The summed E-state index contributed by atoms with van der Waals surface area (Å²) in [5, 5.41) is 0. The van der Waals surface area contributed by atoms with Crippen molar-refractivity contribution in [2.75, 3.05) is 31.6 Å². The van der Waals surface area contributed by atoms with Gasteiger partial charge in [0, 0.05) is 38.4 Å². The van der Waals surface area contributed by atoms with Gasteiger partial charge in [0.25, 0.3) is 0 Å². The Morgan fingerprint density at radius 1 is 1.12 bits per heavy atom. The van der Waals surface area contributed by atoms with E-state index >= 15 is 0 Å². The van der Waals surface area contributed by atoms with Crippen LogP contribution in [0.15, 0.2) is 24.3 Å². The lowest BCUT2D eigenvalue weighted by Crippen LogP contribution is -2.51. The number of hydrogen-bond acceptors (Lipinski definition) is 3. The maximum absolute atomic E-state index is 13.0. The fourth-order valence-electron chi connectivity index (χ4n) is 3.65. The second-order valence-corrected chi connectivity index (χ2v) is 8.12. The van der Waals surface area contributed by atoms with Crippen molar-refractivity contribution in [3.8, 4) is 0 Å². The van der Waals surface area contributed by atoms with Crippen molar-refractivity contribution in [2.45, 2.75) is 51.7 Å². The highest BCUT2D eigenvalue weighted by Crippen LogP contribution is 2.29. The highest BCUT2D eigenvalue weighted by atomic mass is 16.6. The summed E-state index contributed by atoms with van der Waals surface area (Å²) in [6, 6.07) is 8.29. The summed E-state index contributed by atoms with van der Waals surface area (Å²) in [4.78, 5) is 30.6. The number of carbonyl (C=O) groups is 2. The maximum atomic E-state index is 13.0. The SMILES string of the molecule is CN(C(=O)N1CCc2ccccc21)C1CCN(C(=O)OC(C)(C)C)CC1. The van der Waals surface area contributed by atoms with Crippen LogP contribution in [0, 0.1) is 0 Å². The fraction of sp³-hybridized carbons (Fsp3) is 0.600. The second-order valence-electron chi connectivity index (χ2n) is 8.12. The lowest BCUT2D eigenvalue weighted by atomic mass is 10.0. The van der Waals surface area contributed by atoms with E-state index in [1.165, 1.54) is 5.56 Å². The average Bonchev–Trinajstić information content (AvgIpc) is 3.03. The summed E-state index contributed by atoms with van der Waals surface area (Å²) in [6.45, 7) is 7.59. The summed E-state index contributed by atoms with van der Waals surface area (Å²) >= 11 is 0. The largest absolute Gasteiger partial charge is 0.444 e. The number of benzene rings is 1. The fourth-order valence-corrected chi connectivity index (χ4v) is 3.65. The third-order valence-corrected chi connectivity index (χ3v) is 5.08. The molecule has 0 aromatic heterocycles. The summed E-state index contributed by atoms with van der Waals surface area (Å²) in [5.74, 6) is 0. The minimum atomic E-state index is -0.482. The normalized spacial score (nSPS) is 17.8. The van der Waals surface area contributed by atoms with Crippen LogP contribution in [0.25, 0.3) is 0 Å². The molecule has 1 aromatic carbocycles. The Balaban J connectivity index is 1.56. The molecule has 6 nitrogen and oxygen atoms in total. The van der Waals surface area contributed by atoms with Gasteiger partial charge in [-0.25, -0.2) is 9.59 Å². The molecule has 0 spiro atoms. The first-order chi connectivity index (χ1) is 12.3. The van der Waals surface area contributed by atoms with E-state index < -0.39 is 5.60 Å². The Morgan fingerprint density at radius 2 is 1.77 bits per heavy atom. The number of piperidine rings is 1. The van der Waals surface area contributed by atoms with Crippen molar-refractivity contribution in [1.82, 2.24) is 9.80 Å². The number of nitrogens with zero attached hydrogens (tertiary/aromatic N) is 3. The Morgan fingerprint density at radius 3 is 2.42 bits per heavy atom. The van der Waals surface area contributed by atoms with Gasteiger partial charge in [0.1, 0.15) is 5.60 Å². The monoisotopic (exact) mass is 359 g/mol. The number of anilines is 1. The van der Waals surface area contributed by atoms with Crippen molar-refractivity contribution in [3.63, 3.8) is 0 Å². The van der Waals surface area contributed by atoms with Gasteiger partial charge in [-0.05, 0) is 51.7 Å². The van der Waals surface area contributed by atoms with Crippen LogP contribution < -0.4 is 4.90 Å². The summed E-state index contributed by atoms with van der Waals surface area (Å²) < 4.78 is 5.44. The zero-order valence-electron chi connectivity index (χ0n) is 16.2. The smallest absolute Gasteiger partial charge is 0.410 e. The van der Waals surface area contributed by atoms with Crippen LogP contribution in [0.3, 0.4) is 0 Å². The molecule has 2 aliphatic rings. The van der Waals surface area contributed by atoms with E-state index in [2.05, 4.69) is 6.07 Å². The number of ether oxygens (including phenoxy) is 1. The van der Waals surface area contributed by atoms with Crippen LogP contribution in [0.4, 0.5) is 15.3 Å². The van der Waals surface area contributed by atoms with Crippen LogP contribution in [0.5, 0.6) is 0 Å². The molecule has 3 amide bonds. The van der Waals surface area contributed by atoms with Gasteiger partial charge in [-0.1, -0.05) is 18.2 Å². The standard InChI is InChI=1S/C20H29N3O3/c1-20(2,3)26-19(25)22-12-10-16(11-13-22)21(4)18(24)23-14-9-15-7-5-6-8-17(15)23/h5-8,16H,9-14H2,1-4H3. The number of amides is 3. The van der Waals surface area contributed by atoms with E-state index in [1.807, 2.05) is 55.8 Å². The molecule has 2 aliphatic heterocycles. The van der Waals surface area contributed by atoms with E-state index in [4.69, 9.17) is 4.74 Å². The number of para-hydroxylation sites is 1. The van der Waals surface area contributed by atoms with Gasteiger partial charge >= 0.3 is 12.1 Å². The molecular formula is C20H29N3O3. The van der Waals surface area contributed by atoms with E-state index in [0.29, 0.717) is 13.1 Å². The number of hydrogen-bond donors (Lipinski definition) is 0. The lowest BCUT2D eigenvalue weighted by molar-refractivity contribution is 0.0173. The summed E-state index contributed by atoms with van der Waals surface area (Å²) in [5.41, 5.74) is 1.77. The highest BCUT2D eigenvalue weighted by molar-refractivity contribution is 5.94. The second kappa shape index (κ2) is 7.17. The molecule has 0 radical (unpaired) electrons. The van der Waals surface area contributed by atoms with Gasteiger partial charge < -0.3 is 14.5 Å². The predicted octanol–water partition coefficient (Wildman–Crippen LogP) is 3.50. The molecule has 6 heteroatoms. The molecule has 0 atom stereocenters. The number of rotatable bonds is 1. The van der Waals surface area contributed by atoms with Crippen LogP contribution in [-0.4, -0.2) is 60.2 Å². The molecule has 1 saturated heterocycles. The van der Waals surface area contributed by atoms with Crippen LogP contribution in [-0.2, 0) is 11.2 Å². The molecule has 0 N–H and O–H groups in total. The first-order valence-electron chi connectivity index (χ1n) is 9.36. The van der Waals surface area contributed by atoms with Gasteiger partial charge in [-0.15, -0.1) is 0 Å². The number of carbonyl (C=O) groups excluding carboxylic acids is 2. The quantitative estimate of drug-likeness (QED) is 0.771. The molecule has 0 aliphatic carbocycles. The Labute approximate surface area is 155 Å². The molecular weight excluding hydrogens is 330 g/mol. The minimum Gasteiger partial charge on any atom is -0.444 e. The van der Waals surface area contributed by atoms with Crippen LogP contribution >= 0.6 is 0 Å². The van der Waals surface area contributed by atoms with Gasteiger partial charge in [0.15, 0.2) is 0 Å². The average molecular weight is 359 g/mol. The van der Waals surface area contributed by atoms with Crippen LogP contribution in [0.2, 0.25) is 0 Å². The van der Waals surface area contributed by atoms with Crippen molar-refractivity contribution in [2.24, 2.45) is 0 Å². The molecule has 2 heterocycles. The van der Waals surface area contributed by atoms with E-state index in [9.17, 15) is 9.59 Å². The molecule has 142 valence electrons. The summed E-state index contributed by atoms with van der Waals surface area (Å²) in [6.07, 6.45) is 2.19. The van der Waals surface area contributed by atoms with E-state index in [-0.39, 0.29) is 18.2 Å². The number of fused-ring (bicyclic) bond motifs is 1. The van der Waals surface area contributed by atoms with Gasteiger partial charge in [0.05, 0.1) is 0 Å². The molecule has 1 aromatic rings. The first-order valence-corrected chi connectivity index (χ1v) is 9.36. The maximum Gasteiger partial charge on any atom is 0.410 e. The highest BCUT2D eigenvalue weighted by Gasteiger charge is 2.33. The molecule has 0 bridgehead atoms. The number of likely N-dealkylation sites (tertiary alicyclic amines) is 1. The van der Waals surface area contributed by atoms with Crippen molar-refractivity contribution >= 4 is 17.8 Å².